The Morgan fingerprint density at radius 1 is 1.79 bits per heavy atom. The fourth-order valence-electron chi connectivity index (χ4n) is 1.60. The molecule has 0 aromatic rings. The Bertz CT molecular complexity index is 240. The number of carbonyl (C=O) groups is 2. The molecule has 3 atom stereocenters. The average molecular weight is 200 g/mol. The summed E-state index contributed by atoms with van der Waals surface area (Å²) in [6.07, 6.45) is 0.00399. The van der Waals surface area contributed by atoms with Crippen molar-refractivity contribution in [3.63, 3.8) is 0 Å². The molecule has 5 heteroatoms. The van der Waals surface area contributed by atoms with Gasteiger partial charge in [-0.15, -0.1) is 0 Å². The lowest BCUT2D eigenvalue weighted by atomic mass is 9.95. The Morgan fingerprint density at radius 2 is 2.43 bits per heavy atom. The van der Waals surface area contributed by atoms with E-state index in [0.717, 1.165) is 6.42 Å². The van der Waals surface area contributed by atoms with E-state index in [1.165, 1.54) is 6.92 Å². The molecule has 14 heavy (non-hydrogen) atoms. The molecule has 1 fully saturated rings. The summed E-state index contributed by atoms with van der Waals surface area (Å²) >= 11 is 0. The number of hydrogen-bond acceptors (Lipinski definition) is 4. The molecule has 0 spiro atoms. The van der Waals surface area contributed by atoms with Gasteiger partial charge in [0.05, 0.1) is 6.04 Å². The molecule has 0 radical (unpaired) electrons. The zero-order valence-electron chi connectivity index (χ0n) is 8.19. The van der Waals surface area contributed by atoms with Crippen LogP contribution < -0.4 is 11.1 Å². The highest BCUT2D eigenvalue weighted by atomic mass is 16.3. The molecule has 0 bridgehead atoms. The topological polar surface area (TPSA) is 92.4 Å². The van der Waals surface area contributed by atoms with Gasteiger partial charge in [-0.05, 0) is 19.8 Å². The predicted molar refractivity (Wildman–Crippen MR) is 50.4 cm³/mol. The van der Waals surface area contributed by atoms with Crippen LogP contribution in [0.5, 0.6) is 0 Å². The maximum Gasteiger partial charge on any atom is 0.223 e. The van der Waals surface area contributed by atoms with Crippen molar-refractivity contribution in [1.82, 2.24) is 5.32 Å². The predicted octanol–water partition coefficient (Wildman–Crippen LogP) is -1.21. The third kappa shape index (κ3) is 2.52. The largest absolute Gasteiger partial charge is 0.386 e. The van der Waals surface area contributed by atoms with Crippen LogP contribution in [0.1, 0.15) is 19.8 Å². The van der Waals surface area contributed by atoms with Gasteiger partial charge in [-0.3, -0.25) is 9.59 Å². The van der Waals surface area contributed by atoms with Crippen molar-refractivity contribution in [2.75, 3.05) is 6.54 Å². The summed E-state index contributed by atoms with van der Waals surface area (Å²) in [6.45, 7) is 2.04. The van der Waals surface area contributed by atoms with Crippen LogP contribution in [-0.4, -0.2) is 35.5 Å². The molecule has 0 saturated carbocycles. The van der Waals surface area contributed by atoms with Gasteiger partial charge in [0.1, 0.15) is 6.10 Å². The number of aliphatic hydroxyl groups excluding tert-OH is 1. The van der Waals surface area contributed by atoms with Crippen molar-refractivity contribution in [3.8, 4) is 0 Å². The Morgan fingerprint density at radius 3 is 2.86 bits per heavy atom. The van der Waals surface area contributed by atoms with Gasteiger partial charge < -0.3 is 16.2 Å². The highest BCUT2D eigenvalue weighted by Crippen LogP contribution is 2.15. The van der Waals surface area contributed by atoms with Crippen LogP contribution in [-0.2, 0) is 9.59 Å². The van der Waals surface area contributed by atoms with Crippen LogP contribution in [0, 0.1) is 5.92 Å². The monoisotopic (exact) mass is 200 g/mol. The molecule has 0 aliphatic carbocycles. The van der Waals surface area contributed by atoms with Crippen molar-refractivity contribution in [2.45, 2.75) is 31.9 Å². The fraction of sp³-hybridized carbons (Fsp3) is 0.778. The highest BCUT2D eigenvalue weighted by molar-refractivity contribution is 5.88. The number of hydrogen-bond donors (Lipinski definition) is 3. The van der Waals surface area contributed by atoms with Gasteiger partial charge in [0.15, 0.2) is 5.78 Å². The van der Waals surface area contributed by atoms with Gasteiger partial charge in [0.2, 0.25) is 5.91 Å². The molecule has 1 amide bonds. The van der Waals surface area contributed by atoms with Crippen molar-refractivity contribution in [2.24, 2.45) is 11.7 Å². The van der Waals surface area contributed by atoms with Gasteiger partial charge in [-0.2, -0.15) is 0 Å². The van der Waals surface area contributed by atoms with E-state index in [9.17, 15) is 9.59 Å². The molecule has 0 aromatic carbocycles. The first-order chi connectivity index (χ1) is 6.52. The van der Waals surface area contributed by atoms with E-state index in [4.69, 9.17) is 10.8 Å². The Labute approximate surface area is 82.7 Å². The number of nitrogens with one attached hydrogen (secondary N) is 1. The summed E-state index contributed by atoms with van der Waals surface area (Å²) in [4.78, 5) is 22.4. The second-order valence-electron chi connectivity index (χ2n) is 3.70. The molecule has 1 heterocycles. The highest BCUT2D eigenvalue weighted by Gasteiger charge is 2.29. The van der Waals surface area contributed by atoms with E-state index in [1.807, 2.05) is 0 Å². The average Bonchev–Trinajstić information content (AvgIpc) is 2.50. The number of rotatable bonds is 4. The van der Waals surface area contributed by atoms with Crippen LogP contribution in [0.25, 0.3) is 0 Å². The third-order valence-electron chi connectivity index (χ3n) is 2.48. The van der Waals surface area contributed by atoms with Crippen molar-refractivity contribution in [3.05, 3.63) is 0 Å². The molecule has 1 saturated heterocycles. The summed E-state index contributed by atoms with van der Waals surface area (Å²) in [5.41, 5.74) is 5.57. The quantitative estimate of drug-likeness (QED) is 0.531. The van der Waals surface area contributed by atoms with Crippen LogP contribution in [0.4, 0.5) is 0 Å². The molecule has 0 aromatic heterocycles. The Balaban J connectivity index is 2.43. The smallest absolute Gasteiger partial charge is 0.223 e. The van der Waals surface area contributed by atoms with E-state index in [-0.39, 0.29) is 11.8 Å². The molecule has 4 N–H and O–H groups in total. The number of aliphatic hydroxyl groups is 1. The summed E-state index contributed by atoms with van der Waals surface area (Å²) < 4.78 is 0. The summed E-state index contributed by atoms with van der Waals surface area (Å²) in [6, 6.07) is -0.733. The molecular weight excluding hydrogens is 184 g/mol. The minimum absolute atomic E-state index is 0.0427. The second kappa shape index (κ2) is 4.52. The zero-order valence-corrected chi connectivity index (χ0v) is 8.19. The van der Waals surface area contributed by atoms with E-state index >= 15 is 0 Å². The lowest BCUT2D eigenvalue weighted by Crippen LogP contribution is -2.39. The molecule has 5 nitrogen and oxygen atoms in total. The molecule has 1 aliphatic heterocycles. The van der Waals surface area contributed by atoms with Gasteiger partial charge in [-0.1, -0.05) is 0 Å². The maximum atomic E-state index is 11.2. The number of ketones is 1. The van der Waals surface area contributed by atoms with Crippen LogP contribution in [0.2, 0.25) is 0 Å². The maximum absolute atomic E-state index is 11.2. The third-order valence-corrected chi connectivity index (χ3v) is 2.48. The summed E-state index contributed by atoms with van der Waals surface area (Å²) in [5, 5.41) is 11.7. The van der Waals surface area contributed by atoms with Gasteiger partial charge in [0.25, 0.3) is 0 Å². The standard InChI is InChI=1S/C9H16N2O3/c1-5(12)8(13)7(10)4-6-2-3-11-9(6)14/h5-7,12H,2-4,10H2,1H3,(H,11,14)/t5?,6?,7-/m0/s1. The van der Waals surface area contributed by atoms with Crippen molar-refractivity contribution < 1.29 is 14.7 Å². The Kier molecular flexibility index (Phi) is 3.60. The molecule has 1 rings (SSSR count). The first-order valence-electron chi connectivity index (χ1n) is 4.77. The van der Waals surface area contributed by atoms with Crippen LogP contribution in [0.3, 0.4) is 0 Å². The SMILES string of the molecule is CC(O)C(=O)[C@@H](N)CC1CCNC1=O. The zero-order chi connectivity index (χ0) is 10.7. The number of carbonyl (C=O) groups excluding carboxylic acids is 2. The van der Waals surface area contributed by atoms with E-state index in [2.05, 4.69) is 5.32 Å². The van der Waals surface area contributed by atoms with Gasteiger partial charge in [0, 0.05) is 12.5 Å². The lowest BCUT2D eigenvalue weighted by molar-refractivity contribution is -0.128. The van der Waals surface area contributed by atoms with Crippen LogP contribution >= 0.6 is 0 Å². The minimum atomic E-state index is -1.05. The van der Waals surface area contributed by atoms with Gasteiger partial charge >= 0.3 is 0 Å². The number of amides is 1. The molecule has 1 aliphatic rings. The normalized spacial score (nSPS) is 25.6. The lowest BCUT2D eigenvalue weighted by Gasteiger charge is -2.14. The number of Topliss-reactive ketones (excluding diaryl/α,β-unsaturated/α-hetero) is 1. The number of nitrogens with two attached hydrogens (primary N) is 1. The van der Waals surface area contributed by atoms with Crippen molar-refractivity contribution in [1.29, 1.82) is 0 Å². The minimum Gasteiger partial charge on any atom is -0.386 e. The molecule has 2 unspecified atom stereocenters. The fourth-order valence-corrected chi connectivity index (χ4v) is 1.60. The second-order valence-corrected chi connectivity index (χ2v) is 3.70. The van der Waals surface area contributed by atoms with Crippen LogP contribution in [0.15, 0.2) is 0 Å². The van der Waals surface area contributed by atoms with Crippen molar-refractivity contribution >= 4 is 11.7 Å². The molecule has 80 valence electrons. The van der Waals surface area contributed by atoms with E-state index < -0.39 is 17.9 Å². The van der Waals surface area contributed by atoms with Gasteiger partial charge in [-0.25, -0.2) is 0 Å². The summed E-state index contributed by atoms with van der Waals surface area (Å²) in [7, 11) is 0. The first kappa shape index (κ1) is 11.1. The van der Waals surface area contributed by atoms with E-state index in [1.54, 1.807) is 0 Å². The Hall–Kier alpha value is -0.940. The summed E-state index contributed by atoms with van der Waals surface area (Å²) in [5.74, 6) is -0.615. The molecular formula is C9H16N2O3. The van der Waals surface area contributed by atoms with E-state index in [0.29, 0.717) is 13.0 Å². The first-order valence-corrected chi connectivity index (χ1v) is 4.77.